The predicted molar refractivity (Wildman–Crippen MR) is 114 cm³/mol. The number of benzene rings is 2. The van der Waals surface area contributed by atoms with Gasteiger partial charge in [0, 0.05) is 44.8 Å². The van der Waals surface area contributed by atoms with Gasteiger partial charge < -0.3 is 14.8 Å². The van der Waals surface area contributed by atoms with E-state index in [0.29, 0.717) is 13.1 Å². The second-order valence-electron chi connectivity index (χ2n) is 7.43. The maximum atomic E-state index is 12.3. The van der Waals surface area contributed by atoms with Crippen LogP contribution in [0.3, 0.4) is 0 Å². The van der Waals surface area contributed by atoms with E-state index in [9.17, 15) is 4.79 Å². The van der Waals surface area contributed by atoms with Crippen LogP contribution in [0, 0.1) is 6.92 Å². The summed E-state index contributed by atoms with van der Waals surface area (Å²) in [5.74, 6) is 1.80. The molecule has 1 aliphatic rings. The molecule has 2 aromatic rings. The van der Waals surface area contributed by atoms with Crippen molar-refractivity contribution in [1.29, 1.82) is 0 Å². The Hall–Kier alpha value is -2.57. The minimum atomic E-state index is 0.0798. The number of amides is 1. The Morgan fingerprint density at radius 2 is 1.69 bits per heavy atom. The van der Waals surface area contributed by atoms with Crippen molar-refractivity contribution in [1.82, 2.24) is 15.1 Å². The first-order chi connectivity index (χ1) is 14.1. The number of hydrogen-bond acceptors (Lipinski definition) is 5. The quantitative estimate of drug-likeness (QED) is 0.742. The highest BCUT2D eigenvalue weighted by atomic mass is 16.5. The topological polar surface area (TPSA) is 54.0 Å². The molecule has 3 rings (SSSR count). The van der Waals surface area contributed by atoms with Crippen molar-refractivity contribution in [2.75, 3.05) is 46.9 Å². The molecule has 2 aromatic carbocycles. The Morgan fingerprint density at radius 1 is 0.966 bits per heavy atom. The first-order valence-corrected chi connectivity index (χ1v) is 10.1. The average Bonchev–Trinajstić information content (AvgIpc) is 2.74. The van der Waals surface area contributed by atoms with E-state index in [1.54, 1.807) is 14.2 Å². The number of nitrogens with zero attached hydrogens (tertiary/aromatic N) is 2. The van der Waals surface area contributed by atoms with E-state index in [0.717, 1.165) is 55.3 Å². The number of hydrogen-bond donors (Lipinski definition) is 1. The number of rotatable bonds is 8. The van der Waals surface area contributed by atoms with Crippen LogP contribution in [-0.2, 0) is 17.9 Å². The van der Waals surface area contributed by atoms with Gasteiger partial charge in [-0.1, -0.05) is 24.3 Å². The molecule has 1 fully saturated rings. The lowest BCUT2D eigenvalue weighted by atomic mass is 10.1. The van der Waals surface area contributed by atoms with Gasteiger partial charge in [-0.15, -0.1) is 0 Å². The van der Waals surface area contributed by atoms with Gasteiger partial charge in [-0.3, -0.25) is 14.6 Å². The summed E-state index contributed by atoms with van der Waals surface area (Å²) in [4.78, 5) is 16.9. The minimum Gasteiger partial charge on any atom is -0.497 e. The largest absolute Gasteiger partial charge is 0.497 e. The zero-order chi connectivity index (χ0) is 20.6. The molecule has 0 unspecified atom stereocenters. The lowest BCUT2D eigenvalue weighted by molar-refractivity contribution is -0.122. The van der Waals surface area contributed by atoms with E-state index in [1.165, 1.54) is 5.56 Å². The third-order valence-electron chi connectivity index (χ3n) is 5.45. The third-order valence-corrected chi connectivity index (χ3v) is 5.45. The monoisotopic (exact) mass is 397 g/mol. The van der Waals surface area contributed by atoms with E-state index >= 15 is 0 Å². The highest BCUT2D eigenvalue weighted by Crippen LogP contribution is 2.25. The summed E-state index contributed by atoms with van der Waals surface area (Å²) >= 11 is 0. The van der Waals surface area contributed by atoms with Crippen molar-refractivity contribution < 1.29 is 14.3 Å². The molecule has 1 saturated heterocycles. The minimum absolute atomic E-state index is 0.0798. The first kappa shape index (κ1) is 21.1. The van der Waals surface area contributed by atoms with Crippen molar-refractivity contribution in [2.24, 2.45) is 0 Å². The summed E-state index contributed by atoms with van der Waals surface area (Å²) in [7, 11) is 3.37. The number of carbonyl (C=O) groups excluding carboxylic acids is 1. The van der Waals surface area contributed by atoms with Crippen molar-refractivity contribution in [3.05, 3.63) is 59.2 Å². The van der Waals surface area contributed by atoms with Crippen LogP contribution < -0.4 is 14.8 Å². The predicted octanol–water partition coefficient (Wildman–Crippen LogP) is 2.45. The third kappa shape index (κ3) is 5.95. The second kappa shape index (κ2) is 10.3. The maximum Gasteiger partial charge on any atom is 0.234 e. The van der Waals surface area contributed by atoms with E-state index in [2.05, 4.69) is 34.2 Å². The summed E-state index contributed by atoms with van der Waals surface area (Å²) in [5.41, 5.74) is 3.49. The Kier molecular flexibility index (Phi) is 7.49. The molecule has 1 aliphatic heterocycles. The van der Waals surface area contributed by atoms with Gasteiger partial charge in [0.1, 0.15) is 11.5 Å². The van der Waals surface area contributed by atoms with Gasteiger partial charge in [0.2, 0.25) is 5.91 Å². The molecule has 0 aliphatic carbocycles. The van der Waals surface area contributed by atoms with Crippen LogP contribution in [0.2, 0.25) is 0 Å². The Morgan fingerprint density at radius 3 is 2.38 bits per heavy atom. The summed E-state index contributed by atoms with van der Waals surface area (Å²) in [6.45, 7) is 7.51. The summed E-state index contributed by atoms with van der Waals surface area (Å²) < 4.78 is 10.8. The van der Waals surface area contributed by atoms with Crippen LogP contribution in [0.15, 0.2) is 42.5 Å². The molecular weight excluding hydrogens is 366 g/mol. The lowest BCUT2D eigenvalue weighted by Crippen LogP contribution is -2.49. The molecule has 6 nitrogen and oxygen atoms in total. The Bertz CT molecular complexity index is 817. The molecule has 0 atom stereocenters. The zero-order valence-corrected chi connectivity index (χ0v) is 17.6. The molecule has 0 aromatic heterocycles. The van der Waals surface area contributed by atoms with Crippen LogP contribution in [0.4, 0.5) is 0 Å². The van der Waals surface area contributed by atoms with E-state index in [-0.39, 0.29) is 5.91 Å². The summed E-state index contributed by atoms with van der Waals surface area (Å²) in [5, 5.41) is 3.04. The molecule has 0 bridgehead atoms. The maximum absolute atomic E-state index is 12.3. The molecule has 0 spiro atoms. The number of nitrogens with one attached hydrogen (secondary N) is 1. The zero-order valence-electron chi connectivity index (χ0n) is 17.6. The van der Waals surface area contributed by atoms with Gasteiger partial charge in [-0.2, -0.15) is 0 Å². The molecule has 0 radical (unpaired) electrons. The standard InChI is InChI=1S/C23H31N3O3/c1-18-6-4-5-7-19(18)15-24-23(27)17-26-12-10-25(11-13-26)16-20-14-21(28-2)8-9-22(20)29-3/h4-9,14H,10-13,15-17H2,1-3H3,(H,24,27). The highest BCUT2D eigenvalue weighted by molar-refractivity contribution is 5.78. The second-order valence-corrected chi connectivity index (χ2v) is 7.43. The fourth-order valence-corrected chi connectivity index (χ4v) is 3.61. The number of piperazine rings is 1. The van der Waals surface area contributed by atoms with Crippen LogP contribution in [0.1, 0.15) is 16.7 Å². The molecule has 29 heavy (non-hydrogen) atoms. The highest BCUT2D eigenvalue weighted by Gasteiger charge is 2.20. The number of ether oxygens (including phenoxy) is 2. The average molecular weight is 398 g/mol. The summed E-state index contributed by atoms with van der Waals surface area (Å²) in [6, 6.07) is 14.0. The number of carbonyl (C=O) groups is 1. The molecule has 1 amide bonds. The van der Waals surface area contributed by atoms with Gasteiger partial charge in [-0.05, 0) is 36.2 Å². The molecule has 156 valence electrons. The molecule has 1 heterocycles. The number of methoxy groups -OCH3 is 2. The smallest absolute Gasteiger partial charge is 0.234 e. The molecule has 1 N–H and O–H groups in total. The summed E-state index contributed by atoms with van der Waals surface area (Å²) in [6.07, 6.45) is 0. The van der Waals surface area contributed by atoms with Crippen molar-refractivity contribution in [2.45, 2.75) is 20.0 Å². The molecular formula is C23H31N3O3. The van der Waals surface area contributed by atoms with Gasteiger partial charge in [-0.25, -0.2) is 0 Å². The Balaban J connectivity index is 1.44. The van der Waals surface area contributed by atoms with Crippen molar-refractivity contribution >= 4 is 5.91 Å². The van der Waals surface area contributed by atoms with Crippen molar-refractivity contribution in [3.63, 3.8) is 0 Å². The fourth-order valence-electron chi connectivity index (χ4n) is 3.61. The van der Waals surface area contributed by atoms with E-state index in [4.69, 9.17) is 9.47 Å². The lowest BCUT2D eigenvalue weighted by Gasteiger charge is -2.34. The van der Waals surface area contributed by atoms with Gasteiger partial charge in [0.25, 0.3) is 0 Å². The molecule has 6 heteroatoms. The first-order valence-electron chi connectivity index (χ1n) is 10.1. The van der Waals surface area contributed by atoms with Crippen LogP contribution in [0.25, 0.3) is 0 Å². The van der Waals surface area contributed by atoms with Crippen LogP contribution in [-0.4, -0.2) is 62.7 Å². The van der Waals surface area contributed by atoms with Gasteiger partial charge in [0.05, 0.1) is 20.8 Å². The normalized spacial score (nSPS) is 15.1. The van der Waals surface area contributed by atoms with Crippen LogP contribution >= 0.6 is 0 Å². The van der Waals surface area contributed by atoms with E-state index < -0.39 is 0 Å². The van der Waals surface area contributed by atoms with E-state index in [1.807, 2.05) is 30.3 Å². The fraction of sp³-hybridized carbons (Fsp3) is 0.435. The number of aryl methyl sites for hydroxylation is 1. The van der Waals surface area contributed by atoms with Crippen LogP contribution in [0.5, 0.6) is 11.5 Å². The Labute approximate surface area is 173 Å². The SMILES string of the molecule is COc1ccc(OC)c(CN2CCN(CC(=O)NCc3ccccc3C)CC2)c1. The van der Waals surface area contributed by atoms with Gasteiger partial charge in [0.15, 0.2) is 0 Å². The van der Waals surface area contributed by atoms with Gasteiger partial charge >= 0.3 is 0 Å². The van der Waals surface area contributed by atoms with Crippen molar-refractivity contribution in [3.8, 4) is 11.5 Å². The molecule has 0 saturated carbocycles.